The first-order chi connectivity index (χ1) is 14.5. The van der Waals surface area contributed by atoms with Gasteiger partial charge in [0.1, 0.15) is 0 Å². The van der Waals surface area contributed by atoms with E-state index in [9.17, 15) is 14.4 Å². The number of hydrogen-bond acceptors (Lipinski definition) is 3. The summed E-state index contributed by atoms with van der Waals surface area (Å²) in [4.78, 5) is 40.4. The number of anilines is 1. The average Bonchev–Trinajstić information content (AvgIpc) is 3.47. The van der Waals surface area contributed by atoms with Crippen LogP contribution in [0.25, 0.3) is 0 Å². The summed E-state index contributed by atoms with van der Waals surface area (Å²) in [6, 6.07) is 10.6. The fourth-order valence-corrected chi connectivity index (χ4v) is 5.98. The Labute approximate surface area is 174 Å². The molecule has 1 aromatic carbocycles. The van der Waals surface area contributed by atoms with E-state index in [2.05, 4.69) is 17.6 Å². The van der Waals surface area contributed by atoms with E-state index in [4.69, 9.17) is 0 Å². The molecule has 4 aliphatic carbocycles. The number of aromatic nitrogens is 1. The lowest BCUT2D eigenvalue weighted by atomic mass is 9.63. The molecule has 1 N–H and O–H groups in total. The van der Waals surface area contributed by atoms with Crippen LogP contribution in [0.2, 0.25) is 0 Å². The van der Waals surface area contributed by atoms with Gasteiger partial charge in [0.15, 0.2) is 0 Å². The van der Waals surface area contributed by atoms with Gasteiger partial charge in [0.25, 0.3) is 5.91 Å². The number of benzene rings is 1. The van der Waals surface area contributed by atoms with Crippen molar-refractivity contribution in [3.63, 3.8) is 0 Å². The Kier molecular flexibility index (Phi) is 3.50. The predicted octanol–water partition coefficient (Wildman–Crippen LogP) is 3.05. The van der Waals surface area contributed by atoms with Crippen LogP contribution in [0.5, 0.6) is 0 Å². The third-order valence-corrected chi connectivity index (χ3v) is 7.53. The number of nitrogens with zero attached hydrogens (tertiary/aromatic N) is 2. The number of allylic oxidation sites excluding steroid dienone is 2. The van der Waals surface area contributed by atoms with Crippen LogP contribution in [0.3, 0.4) is 0 Å². The standard InChI is InChI=1S/C24H23N3O3/c1-12-3-4-13(2)27(12)25-22(28)14-5-7-15(8-6-14)26-23(29)20-16-9-10-17(19-11-18(16)19)21(20)24(26)30/h3-10,16-21H,11H2,1-2H3,(H,25,28)/t16-,17-,18-,19-,20-,21+/m0/s1. The quantitative estimate of drug-likeness (QED) is 0.635. The second-order valence-electron chi connectivity index (χ2n) is 9.11. The van der Waals surface area contributed by atoms with Crippen molar-refractivity contribution in [1.29, 1.82) is 0 Å². The van der Waals surface area contributed by atoms with E-state index in [1.165, 1.54) is 4.90 Å². The molecule has 1 aliphatic heterocycles. The van der Waals surface area contributed by atoms with Crippen LogP contribution < -0.4 is 10.3 Å². The second kappa shape index (κ2) is 5.94. The van der Waals surface area contributed by atoms with E-state index in [1.54, 1.807) is 28.9 Å². The van der Waals surface area contributed by atoms with Gasteiger partial charge in [0.2, 0.25) is 11.8 Å². The molecule has 1 aromatic heterocycles. The first-order valence-electron chi connectivity index (χ1n) is 10.6. The molecule has 2 aromatic rings. The van der Waals surface area contributed by atoms with Crippen LogP contribution in [0.15, 0.2) is 48.6 Å². The van der Waals surface area contributed by atoms with Crippen molar-refractivity contribution < 1.29 is 14.4 Å². The zero-order chi connectivity index (χ0) is 20.7. The van der Waals surface area contributed by atoms with Crippen LogP contribution in [0.1, 0.15) is 28.2 Å². The molecule has 6 nitrogen and oxygen atoms in total. The predicted molar refractivity (Wildman–Crippen MR) is 111 cm³/mol. The number of amides is 3. The average molecular weight is 401 g/mol. The number of rotatable bonds is 3. The molecule has 0 radical (unpaired) electrons. The number of hydrogen-bond donors (Lipinski definition) is 1. The number of carbonyl (C=O) groups is 3. The van der Waals surface area contributed by atoms with Crippen LogP contribution in [-0.2, 0) is 9.59 Å². The van der Waals surface area contributed by atoms with E-state index in [0.717, 1.165) is 17.8 Å². The van der Waals surface area contributed by atoms with E-state index < -0.39 is 0 Å². The van der Waals surface area contributed by atoms with Crippen molar-refractivity contribution >= 4 is 23.4 Å². The van der Waals surface area contributed by atoms with Gasteiger partial charge in [-0.2, -0.15) is 0 Å². The molecule has 2 saturated carbocycles. The summed E-state index contributed by atoms with van der Waals surface area (Å²) in [5.41, 5.74) is 5.78. The van der Waals surface area contributed by atoms with Crippen LogP contribution >= 0.6 is 0 Å². The highest BCUT2D eigenvalue weighted by molar-refractivity contribution is 6.22. The SMILES string of the molecule is Cc1ccc(C)n1NC(=O)c1ccc(N2C(=O)[C@@H]3[C@H]4C=C[C@@H]([C@@H]5C[C@@H]45)[C@@H]3C2=O)cc1. The Morgan fingerprint density at radius 1 is 0.867 bits per heavy atom. The Balaban J connectivity index is 1.25. The molecule has 3 amide bonds. The molecule has 30 heavy (non-hydrogen) atoms. The van der Waals surface area contributed by atoms with Gasteiger partial charge in [-0.3, -0.25) is 29.4 Å². The number of carbonyl (C=O) groups excluding carboxylic acids is 3. The maximum atomic E-state index is 13.2. The molecule has 0 spiro atoms. The fourth-order valence-electron chi connectivity index (χ4n) is 5.98. The van der Waals surface area contributed by atoms with Crippen LogP contribution in [0.4, 0.5) is 5.69 Å². The first-order valence-corrected chi connectivity index (χ1v) is 10.6. The number of nitrogens with one attached hydrogen (secondary N) is 1. The summed E-state index contributed by atoms with van der Waals surface area (Å²) in [5.74, 6) is 0.788. The molecule has 3 fully saturated rings. The molecule has 2 heterocycles. The largest absolute Gasteiger partial charge is 0.274 e. The zero-order valence-electron chi connectivity index (χ0n) is 16.9. The highest BCUT2D eigenvalue weighted by atomic mass is 16.2. The number of imide groups is 1. The summed E-state index contributed by atoms with van der Waals surface area (Å²) in [6.45, 7) is 3.85. The van der Waals surface area contributed by atoms with Gasteiger partial charge in [-0.15, -0.1) is 0 Å². The molecule has 2 bridgehead atoms. The molecule has 0 unspecified atom stereocenters. The third-order valence-electron chi connectivity index (χ3n) is 7.53. The maximum absolute atomic E-state index is 13.2. The highest BCUT2D eigenvalue weighted by Crippen LogP contribution is 2.65. The van der Waals surface area contributed by atoms with E-state index >= 15 is 0 Å². The van der Waals surface area contributed by atoms with Crippen LogP contribution in [0, 0.1) is 49.4 Å². The minimum Gasteiger partial charge on any atom is -0.274 e. The molecule has 6 atom stereocenters. The van der Waals surface area contributed by atoms with E-state index in [-0.39, 0.29) is 41.4 Å². The molecule has 152 valence electrons. The van der Waals surface area contributed by atoms with Gasteiger partial charge in [-0.05, 0) is 80.3 Å². The van der Waals surface area contributed by atoms with Crippen molar-refractivity contribution in [2.24, 2.45) is 35.5 Å². The van der Waals surface area contributed by atoms with Gasteiger partial charge < -0.3 is 0 Å². The fraction of sp³-hybridized carbons (Fsp3) is 0.375. The van der Waals surface area contributed by atoms with Gasteiger partial charge >= 0.3 is 0 Å². The van der Waals surface area contributed by atoms with Crippen molar-refractivity contribution in [3.8, 4) is 0 Å². The lowest BCUT2D eigenvalue weighted by Gasteiger charge is -2.37. The molecular weight excluding hydrogens is 378 g/mol. The van der Waals surface area contributed by atoms with Gasteiger partial charge in [0, 0.05) is 17.0 Å². The Bertz CT molecular complexity index is 1070. The lowest BCUT2D eigenvalue weighted by Crippen LogP contribution is -2.40. The summed E-state index contributed by atoms with van der Waals surface area (Å²) >= 11 is 0. The van der Waals surface area contributed by atoms with Crippen LogP contribution in [-0.4, -0.2) is 22.4 Å². The molecular formula is C24H23N3O3. The van der Waals surface area contributed by atoms with Crippen molar-refractivity contribution in [2.75, 3.05) is 10.3 Å². The lowest BCUT2D eigenvalue weighted by molar-refractivity contribution is -0.124. The summed E-state index contributed by atoms with van der Waals surface area (Å²) < 4.78 is 1.74. The minimum atomic E-state index is -0.237. The molecule has 6 heteroatoms. The normalized spacial score (nSPS) is 32.9. The van der Waals surface area contributed by atoms with Crippen molar-refractivity contribution in [1.82, 2.24) is 4.68 Å². The zero-order valence-corrected chi connectivity index (χ0v) is 16.9. The third kappa shape index (κ3) is 2.27. The topological polar surface area (TPSA) is 71.4 Å². The highest BCUT2D eigenvalue weighted by Gasteiger charge is 2.67. The summed E-state index contributed by atoms with van der Waals surface area (Å²) in [5, 5.41) is 0. The smallest absolute Gasteiger partial charge is 0.270 e. The Morgan fingerprint density at radius 2 is 1.40 bits per heavy atom. The monoisotopic (exact) mass is 401 g/mol. The molecule has 1 saturated heterocycles. The summed E-state index contributed by atoms with van der Waals surface area (Å²) in [6.07, 6.45) is 5.50. The van der Waals surface area contributed by atoms with E-state index in [1.807, 2.05) is 26.0 Å². The number of aryl methyl sites for hydroxylation is 2. The van der Waals surface area contributed by atoms with Gasteiger partial charge in [-0.1, -0.05) is 12.2 Å². The second-order valence-corrected chi connectivity index (χ2v) is 9.11. The molecule has 7 rings (SSSR count). The molecule has 5 aliphatic rings. The minimum absolute atomic E-state index is 0.0782. The van der Waals surface area contributed by atoms with E-state index in [0.29, 0.717) is 23.1 Å². The first kappa shape index (κ1) is 17.7. The Hall–Kier alpha value is -3.15. The maximum Gasteiger partial charge on any atom is 0.270 e. The van der Waals surface area contributed by atoms with Gasteiger partial charge in [-0.25, -0.2) is 0 Å². The van der Waals surface area contributed by atoms with Crippen molar-refractivity contribution in [3.05, 3.63) is 65.5 Å². The van der Waals surface area contributed by atoms with Gasteiger partial charge in [0.05, 0.1) is 17.5 Å². The summed E-state index contributed by atoms with van der Waals surface area (Å²) in [7, 11) is 0. The van der Waals surface area contributed by atoms with Crippen molar-refractivity contribution in [2.45, 2.75) is 20.3 Å². The Morgan fingerprint density at radius 3 is 1.93 bits per heavy atom.